The van der Waals surface area contributed by atoms with Crippen LogP contribution in [-0.4, -0.2) is 0 Å². The predicted molar refractivity (Wildman–Crippen MR) is 48.2 cm³/mol. The number of nitrogens with zero attached hydrogens (tertiary/aromatic N) is 1. The number of rotatable bonds is 1. The van der Waals surface area contributed by atoms with E-state index in [1.807, 2.05) is 13.0 Å². The van der Waals surface area contributed by atoms with Gasteiger partial charge in [0.05, 0.1) is 10.6 Å². The van der Waals surface area contributed by atoms with E-state index in [2.05, 4.69) is 6.58 Å². The molecule has 56 valence electrons. The maximum Gasteiger partial charge on any atom is 0.110 e. The molecule has 0 aliphatic rings. The number of hydrogen-bond acceptors (Lipinski definition) is 3. The third-order valence-electron chi connectivity index (χ3n) is 1.26. The molecule has 2 nitrogen and oxygen atoms in total. The van der Waals surface area contributed by atoms with Gasteiger partial charge < -0.3 is 5.73 Å². The van der Waals surface area contributed by atoms with Crippen LogP contribution < -0.4 is 5.73 Å². The molecule has 0 saturated carbocycles. The molecule has 0 fully saturated rings. The number of hydrogen-bond donors (Lipinski definition) is 1. The first kappa shape index (κ1) is 7.83. The molecule has 0 aliphatic heterocycles. The van der Waals surface area contributed by atoms with Crippen molar-refractivity contribution >= 4 is 22.6 Å². The number of allylic oxidation sites excluding steroid dienone is 1. The number of nitrogen functional groups attached to an aromatic ring is 1. The summed E-state index contributed by atoms with van der Waals surface area (Å²) >= 11 is 1.38. The Bertz CT molecular complexity index is 330. The van der Waals surface area contributed by atoms with Crippen LogP contribution in [0.25, 0.3) is 5.57 Å². The minimum absolute atomic E-state index is 0.639. The van der Waals surface area contributed by atoms with E-state index in [0.717, 1.165) is 10.5 Å². The lowest BCUT2D eigenvalue weighted by molar-refractivity contribution is 1.52. The molecule has 0 atom stereocenters. The summed E-state index contributed by atoms with van der Waals surface area (Å²) in [6.45, 7) is 5.63. The van der Waals surface area contributed by atoms with Crippen LogP contribution >= 0.6 is 11.3 Å². The molecule has 11 heavy (non-hydrogen) atoms. The van der Waals surface area contributed by atoms with Crippen molar-refractivity contribution in [2.75, 3.05) is 5.73 Å². The molecule has 1 heterocycles. The average Bonchev–Trinajstić information content (AvgIpc) is 2.30. The van der Waals surface area contributed by atoms with E-state index < -0.39 is 0 Å². The summed E-state index contributed by atoms with van der Waals surface area (Å²) in [6, 6.07) is 3.72. The Kier molecular flexibility index (Phi) is 1.97. The van der Waals surface area contributed by atoms with Crippen LogP contribution in [0.15, 0.2) is 12.6 Å². The summed E-state index contributed by atoms with van der Waals surface area (Å²) in [4.78, 5) is 1.56. The molecule has 0 spiro atoms. The second-order valence-corrected chi connectivity index (χ2v) is 3.34. The lowest BCUT2D eigenvalue weighted by Crippen LogP contribution is -1.83. The Morgan fingerprint density at radius 2 is 2.45 bits per heavy atom. The number of nitriles is 1. The van der Waals surface area contributed by atoms with Crippen molar-refractivity contribution in [2.24, 2.45) is 0 Å². The molecular weight excluding hydrogens is 156 g/mol. The van der Waals surface area contributed by atoms with Crippen LogP contribution in [0.3, 0.4) is 0 Å². The molecule has 1 aromatic heterocycles. The van der Waals surface area contributed by atoms with Gasteiger partial charge in [0.15, 0.2) is 0 Å². The summed E-state index contributed by atoms with van der Waals surface area (Å²) in [5.74, 6) is 0. The lowest BCUT2D eigenvalue weighted by atomic mass is 10.2. The van der Waals surface area contributed by atoms with Crippen molar-refractivity contribution in [2.45, 2.75) is 6.92 Å². The molecule has 1 rings (SSSR count). The van der Waals surface area contributed by atoms with Crippen LogP contribution in [-0.2, 0) is 0 Å². The SMILES string of the molecule is C=C(C)c1sc(C#N)cc1N. The molecule has 0 aromatic carbocycles. The highest BCUT2D eigenvalue weighted by atomic mass is 32.1. The van der Waals surface area contributed by atoms with Crippen molar-refractivity contribution in [1.82, 2.24) is 0 Å². The molecule has 0 bridgehead atoms. The third-order valence-corrected chi connectivity index (χ3v) is 2.48. The van der Waals surface area contributed by atoms with E-state index in [-0.39, 0.29) is 0 Å². The zero-order chi connectivity index (χ0) is 8.43. The van der Waals surface area contributed by atoms with Gasteiger partial charge in [-0.3, -0.25) is 0 Å². The van der Waals surface area contributed by atoms with Gasteiger partial charge >= 0.3 is 0 Å². The molecule has 0 unspecified atom stereocenters. The normalized spacial score (nSPS) is 9.09. The second kappa shape index (κ2) is 2.77. The molecule has 2 N–H and O–H groups in total. The average molecular weight is 164 g/mol. The molecule has 3 heteroatoms. The van der Waals surface area contributed by atoms with Gasteiger partial charge in [-0.15, -0.1) is 11.3 Å². The number of nitrogens with two attached hydrogens (primary N) is 1. The van der Waals surface area contributed by atoms with Crippen molar-refractivity contribution in [3.8, 4) is 6.07 Å². The van der Waals surface area contributed by atoms with Gasteiger partial charge in [-0.05, 0) is 18.6 Å². The lowest BCUT2D eigenvalue weighted by Gasteiger charge is -1.93. The quantitative estimate of drug-likeness (QED) is 0.692. The van der Waals surface area contributed by atoms with Gasteiger partial charge in [0.1, 0.15) is 10.9 Å². The summed E-state index contributed by atoms with van der Waals surface area (Å²) < 4.78 is 0. The summed E-state index contributed by atoms with van der Waals surface area (Å²) in [5.41, 5.74) is 7.18. The van der Waals surface area contributed by atoms with Gasteiger partial charge in [0.2, 0.25) is 0 Å². The van der Waals surface area contributed by atoms with Gasteiger partial charge in [-0.25, -0.2) is 0 Å². The van der Waals surface area contributed by atoms with Crippen molar-refractivity contribution < 1.29 is 0 Å². The zero-order valence-electron chi connectivity index (χ0n) is 6.22. The van der Waals surface area contributed by atoms with Gasteiger partial charge in [0.25, 0.3) is 0 Å². The van der Waals surface area contributed by atoms with Gasteiger partial charge in [-0.1, -0.05) is 6.58 Å². The Balaban J connectivity index is 3.20. The minimum atomic E-state index is 0.639. The highest BCUT2D eigenvalue weighted by Crippen LogP contribution is 2.29. The maximum absolute atomic E-state index is 8.53. The fourth-order valence-electron chi connectivity index (χ4n) is 0.794. The van der Waals surface area contributed by atoms with Crippen LogP contribution in [0.4, 0.5) is 5.69 Å². The van der Waals surface area contributed by atoms with E-state index in [9.17, 15) is 0 Å². The third kappa shape index (κ3) is 1.41. The van der Waals surface area contributed by atoms with E-state index in [0.29, 0.717) is 10.6 Å². The van der Waals surface area contributed by atoms with E-state index >= 15 is 0 Å². The highest BCUT2D eigenvalue weighted by Gasteiger charge is 2.05. The van der Waals surface area contributed by atoms with Crippen molar-refractivity contribution in [3.63, 3.8) is 0 Å². The second-order valence-electron chi connectivity index (χ2n) is 2.29. The Labute approximate surface area is 69.6 Å². The molecule has 0 radical (unpaired) electrons. The Morgan fingerprint density at radius 3 is 2.73 bits per heavy atom. The summed E-state index contributed by atoms with van der Waals surface area (Å²) in [5, 5.41) is 8.53. The van der Waals surface area contributed by atoms with E-state index in [4.69, 9.17) is 11.0 Å². The predicted octanol–water partition coefficient (Wildman–Crippen LogP) is 2.24. The monoisotopic (exact) mass is 164 g/mol. The van der Waals surface area contributed by atoms with Crippen molar-refractivity contribution in [3.05, 3.63) is 22.4 Å². The molecule has 1 aromatic rings. The van der Waals surface area contributed by atoms with Crippen molar-refractivity contribution in [1.29, 1.82) is 5.26 Å². The fourth-order valence-corrected chi connectivity index (χ4v) is 1.60. The fraction of sp³-hybridized carbons (Fsp3) is 0.125. The molecule has 0 saturated heterocycles. The first-order valence-corrected chi connectivity index (χ1v) is 3.92. The highest BCUT2D eigenvalue weighted by molar-refractivity contribution is 7.14. The number of thiophene rings is 1. The van der Waals surface area contributed by atoms with Gasteiger partial charge in [-0.2, -0.15) is 5.26 Å². The van der Waals surface area contributed by atoms with Crippen LogP contribution in [0.5, 0.6) is 0 Å². The van der Waals surface area contributed by atoms with Crippen LogP contribution in [0.1, 0.15) is 16.7 Å². The maximum atomic E-state index is 8.53. The summed E-state index contributed by atoms with van der Waals surface area (Å²) in [7, 11) is 0. The standard InChI is InChI=1S/C8H8N2S/c1-5(2)8-7(10)3-6(4-9)11-8/h3H,1,10H2,2H3. The first-order valence-electron chi connectivity index (χ1n) is 3.10. The molecular formula is C8H8N2S. The summed E-state index contributed by atoms with van der Waals surface area (Å²) in [6.07, 6.45) is 0. The van der Waals surface area contributed by atoms with Gasteiger partial charge in [0, 0.05) is 0 Å². The first-order chi connectivity index (χ1) is 5.15. The topological polar surface area (TPSA) is 49.8 Å². The minimum Gasteiger partial charge on any atom is -0.398 e. The molecule has 0 aliphatic carbocycles. The van der Waals surface area contributed by atoms with Crippen LogP contribution in [0, 0.1) is 11.3 Å². The molecule has 0 amide bonds. The smallest absolute Gasteiger partial charge is 0.110 e. The number of anilines is 1. The Hall–Kier alpha value is -1.27. The largest absolute Gasteiger partial charge is 0.398 e. The van der Waals surface area contributed by atoms with E-state index in [1.54, 1.807) is 6.07 Å². The van der Waals surface area contributed by atoms with E-state index in [1.165, 1.54) is 11.3 Å². The Morgan fingerprint density at radius 1 is 1.82 bits per heavy atom. The van der Waals surface area contributed by atoms with Crippen LogP contribution in [0.2, 0.25) is 0 Å². The zero-order valence-corrected chi connectivity index (χ0v) is 7.03.